The van der Waals surface area contributed by atoms with Crippen LogP contribution in [0.25, 0.3) is 0 Å². The summed E-state index contributed by atoms with van der Waals surface area (Å²) in [5.74, 6) is 0.184. The maximum atomic E-state index is 12.8. The fourth-order valence-electron chi connectivity index (χ4n) is 2.75. The molecule has 1 atom stereocenters. The van der Waals surface area contributed by atoms with E-state index in [0.29, 0.717) is 30.5 Å². The Labute approximate surface area is 202 Å². The van der Waals surface area contributed by atoms with Crippen LogP contribution in [0.5, 0.6) is 23.0 Å². The summed E-state index contributed by atoms with van der Waals surface area (Å²) in [5.41, 5.74) is 0.458. The highest BCUT2D eigenvalue weighted by Crippen LogP contribution is 2.40. The molecule has 11 heteroatoms. The van der Waals surface area contributed by atoms with Crippen LogP contribution in [0.3, 0.4) is 0 Å². The van der Waals surface area contributed by atoms with Crippen molar-refractivity contribution in [3.8, 4) is 23.0 Å². The fraction of sp³-hybridized carbons (Fsp3) is 0.364. The first-order chi connectivity index (χ1) is 15.7. The molecule has 0 saturated carbocycles. The van der Waals surface area contributed by atoms with Gasteiger partial charge in [0.25, 0.3) is 5.91 Å². The van der Waals surface area contributed by atoms with Crippen LogP contribution in [0.1, 0.15) is 20.8 Å². The van der Waals surface area contributed by atoms with Gasteiger partial charge >= 0.3 is 0 Å². The summed E-state index contributed by atoms with van der Waals surface area (Å²) in [4.78, 5) is 25.0. The van der Waals surface area contributed by atoms with Crippen LogP contribution in [-0.4, -0.2) is 45.2 Å². The Hall–Kier alpha value is -3.04. The Morgan fingerprint density at radius 2 is 1.67 bits per heavy atom. The zero-order valence-corrected chi connectivity index (χ0v) is 20.4. The number of amides is 1. The molecule has 0 aliphatic heterocycles. The van der Waals surface area contributed by atoms with Crippen molar-refractivity contribution < 1.29 is 28.5 Å². The lowest BCUT2D eigenvalue weighted by Crippen LogP contribution is -2.32. The zero-order chi connectivity index (χ0) is 24.5. The Balaban J connectivity index is 2.33. The lowest BCUT2D eigenvalue weighted by molar-refractivity contribution is -0.126. The van der Waals surface area contributed by atoms with Crippen molar-refractivity contribution in [1.29, 1.82) is 0 Å². The molecule has 0 aliphatic rings. The smallest absolute Gasteiger partial charge is 0.258 e. The van der Waals surface area contributed by atoms with Crippen LogP contribution in [0.4, 0.5) is 11.4 Å². The van der Waals surface area contributed by atoms with Crippen molar-refractivity contribution in [3.05, 3.63) is 34.3 Å². The Kier molecular flexibility index (Phi) is 9.74. The van der Waals surface area contributed by atoms with E-state index in [1.165, 1.54) is 33.3 Å². The molecule has 0 aliphatic carbocycles. The predicted molar refractivity (Wildman–Crippen MR) is 126 cm³/mol. The number of carbonyl (C=O) groups is 2. The summed E-state index contributed by atoms with van der Waals surface area (Å²) >= 11 is 12.5. The maximum Gasteiger partial charge on any atom is 0.258 e. The minimum absolute atomic E-state index is 0.165. The standard InChI is InChI=1S/C22H25Cl2N3O6/c1-6-32-18-9-13(8-16(24)21(18)33-7-2)26-27-19(12(3)28)22(29)25-20-15(23)10-14(30-4)11-17(20)31-5/h8-11,19H,6-7H2,1-5H3,(H,25,29). The van der Waals surface area contributed by atoms with Crippen LogP contribution in [0, 0.1) is 0 Å². The first-order valence-electron chi connectivity index (χ1n) is 9.98. The van der Waals surface area contributed by atoms with E-state index in [2.05, 4.69) is 15.5 Å². The van der Waals surface area contributed by atoms with Gasteiger partial charge in [-0.1, -0.05) is 23.2 Å². The molecule has 33 heavy (non-hydrogen) atoms. The number of nitrogens with one attached hydrogen (secondary N) is 1. The van der Waals surface area contributed by atoms with E-state index in [9.17, 15) is 9.59 Å². The number of ether oxygens (including phenoxy) is 4. The average molecular weight is 498 g/mol. The van der Waals surface area contributed by atoms with Crippen LogP contribution in [0.2, 0.25) is 10.0 Å². The lowest BCUT2D eigenvalue weighted by Gasteiger charge is -2.15. The van der Waals surface area contributed by atoms with Crippen molar-refractivity contribution in [2.75, 3.05) is 32.8 Å². The normalized spacial score (nSPS) is 11.7. The van der Waals surface area contributed by atoms with Gasteiger partial charge in [0.1, 0.15) is 17.2 Å². The summed E-state index contributed by atoms with van der Waals surface area (Å²) in [5, 5.41) is 10.9. The molecule has 0 fully saturated rings. The second-order valence-electron chi connectivity index (χ2n) is 6.53. The summed E-state index contributed by atoms with van der Waals surface area (Å²) in [6.07, 6.45) is 0. The SMILES string of the molecule is CCOc1cc(N=NC(C(C)=O)C(=O)Nc2c(Cl)cc(OC)cc2OC)cc(Cl)c1OCC. The highest BCUT2D eigenvalue weighted by Gasteiger charge is 2.26. The zero-order valence-electron chi connectivity index (χ0n) is 18.9. The average Bonchev–Trinajstić information content (AvgIpc) is 2.77. The molecule has 1 N–H and O–H groups in total. The summed E-state index contributed by atoms with van der Waals surface area (Å²) in [7, 11) is 2.88. The van der Waals surface area contributed by atoms with Gasteiger partial charge in [-0.2, -0.15) is 10.2 Å². The Morgan fingerprint density at radius 3 is 2.24 bits per heavy atom. The first-order valence-corrected chi connectivity index (χ1v) is 10.7. The van der Waals surface area contributed by atoms with Crippen molar-refractivity contribution in [2.24, 2.45) is 10.2 Å². The van der Waals surface area contributed by atoms with Gasteiger partial charge in [-0.25, -0.2) is 0 Å². The molecule has 0 saturated heterocycles. The van der Waals surface area contributed by atoms with Crippen molar-refractivity contribution >= 4 is 46.3 Å². The van der Waals surface area contributed by atoms with E-state index >= 15 is 0 Å². The minimum atomic E-state index is -1.44. The largest absolute Gasteiger partial charge is 0.497 e. The first kappa shape index (κ1) is 26.2. The van der Waals surface area contributed by atoms with Crippen molar-refractivity contribution in [3.63, 3.8) is 0 Å². The number of rotatable bonds is 11. The summed E-state index contributed by atoms with van der Waals surface area (Å²) in [6, 6.07) is 4.66. The molecule has 0 aromatic heterocycles. The van der Waals surface area contributed by atoms with E-state index in [4.69, 9.17) is 42.1 Å². The number of anilines is 1. The number of hydrogen-bond donors (Lipinski definition) is 1. The number of methoxy groups -OCH3 is 2. The molecule has 2 aromatic carbocycles. The maximum absolute atomic E-state index is 12.8. The molecule has 0 heterocycles. The van der Waals surface area contributed by atoms with Gasteiger partial charge in [0.2, 0.25) is 6.04 Å². The van der Waals surface area contributed by atoms with Gasteiger partial charge in [0.05, 0.1) is 43.2 Å². The van der Waals surface area contributed by atoms with E-state index in [1.54, 1.807) is 12.1 Å². The molecule has 0 spiro atoms. The van der Waals surface area contributed by atoms with Gasteiger partial charge in [-0.3, -0.25) is 9.59 Å². The lowest BCUT2D eigenvalue weighted by atomic mass is 10.2. The number of azo groups is 1. The van der Waals surface area contributed by atoms with Crippen LogP contribution in [-0.2, 0) is 9.59 Å². The van der Waals surface area contributed by atoms with Crippen LogP contribution < -0.4 is 24.3 Å². The van der Waals surface area contributed by atoms with Gasteiger partial charge < -0.3 is 24.3 Å². The summed E-state index contributed by atoms with van der Waals surface area (Å²) < 4.78 is 21.5. The van der Waals surface area contributed by atoms with E-state index in [1.807, 2.05) is 13.8 Å². The van der Waals surface area contributed by atoms with Crippen LogP contribution in [0.15, 0.2) is 34.5 Å². The quantitative estimate of drug-likeness (QED) is 0.324. The van der Waals surface area contributed by atoms with Crippen molar-refractivity contribution in [1.82, 2.24) is 0 Å². The van der Waals surface area contributed by atoms with Gasteiger partial charge in [0.15, 0.2) is 17.3 Å². The van der Waals surface area contributed by atoms with E-state index in [0.717, 1.165) is 0 Å². The molecule has 9 nitrogen and oxygen atoms in total. The third kappa shape index (κ3) is 6.72. The number of Topliss-reactive ketones (excluding diaryl/α,β-unsaturated/α-hetero) is 1. The monoisotopic (exact) mass is 497 g/mol. The Morgan fingerprint density at radius 1 is 0.970 bits per heavy atom. The number of halogens is 2. The molecule has 2 rings (SSSR count). The van der Waals surface area contributed by atoms with Gasteiger partial charge in [-0.05, 0) is 26.8 Å². The van der Waals surface area contributed by atoms with Gasteiger partial charge in [-0.15, -0.1) is 0 Å². The van der Waals surface area contributed by atoms with Crippen LogP contribution >= 0.6 is 23.2 Å². The van der Waals surface area contributed by atoms with Crippen molar-refractivity contribution in [2.45, 2.75) is 26.8 Å². The topological polar surface area (TPSA) is 108 Å². The molecule has 1 amide bonds. The fourth-order valence-corrected chi connectivity index (χ4v) is 3.26. The molecule has 2 aromatic rings. The predicted octanol–water partition coefficient (Wildman–Crippen LogP) is 5.49. The summed E-state index contributed by atoms with van der Waals surface area (Å²) in [6.45, 7) is 5.63. The molecule has 178 valence electrons. The number of ketones is 1. The second-order valence-corrected chi connectivity index (χ2v) is 7.34. The third-order valence-corrected chi connectivity index (χ3v) is 4.82. The highest BCUT2D eigenvalue weighted by molar-refractivity contribution is 6.34. The third-order valence-electron chi connectivity index (χ3n) is 4.24. The number of carbonyl (C=O) groups excluding carboxylic acids is 2. The molecule has 1 unspecified atom stereocenters. The number of hydrogen-bond acceptors (Lipinski definition) is 8. The van der Waals surface area contributed by atoms with E-state index in [-0.39, 0.29) is 27.2 Å². The molecular formula is C22H25Cl2N3O6. The van der Waals surface area contributed by atoms with Gasteiger partial charge in [0, 0.05) is 18.2 Å². The van der Waals surface area contributed by atoms with E-state index < -0.39 is 17.7 Å². The molecule has 0 bridgehead atoms. The second kappa shape index (κ2) is 12.3. The molecular weight excluding hydrogens is 473 g/mol. The number of nitrogens with zero attached hydrogens (tertiary/aromatic N) is 2. The molecule has 0 radical (unpaired) electrons. The minimum Gasteiger partial charge on any atom is -0.497 e. The number of benzene rings is 2. The highest BCUT2D eigenvalue weighted by atomic mass is 35.5. The Bertz CT molecular complexity index is 1050.